The van der Waals surface area contributed by atoms with Crippen LogP contribution in [0.4, 0.5) is 0 Å². The van der Waals surface area contributed by atoms with Gasteiger partial charge in [-0.2, -0.15) is 0 Å². The summed E-state index contributed by atoms with van der Waals surface area (Å²) in [4.78, 5) is 26.7. The van der Waals surface area contributed by atoms with Crippen LogP contribution in [0.3, 0.4) is 0 Å². The summed E-state index contributed by atoms with van der Waals surface area (Å²) in [5.41, 5.74) is 0. The molecule has 2 heterocycles. The second-order valence-electron chi connectivity index (χ2n) is 4.88. The van der Waals surface area contributed by atoms with E-state index in [0.717, 1.165) is 4.88 Å². The minimum absolute atomic E-state index is 0.0549. The Morgan fingerprint density at radius 3 is 3.00 bits per heavy atom. The van der Waals surface area contributed by atoms with Gasteiger partial charge < -0.3 is 14.7 Å². The molecule has 0 saturated carbocycles. The van der Waals surface area contributed by atoms with Gasteiger partial charge in [-0.15, -0.1) is 11.3 Å². The van der Waals surface area contributed by atoms with Gasteiger partial charge in [0, 0.05) is 24.3 Å². The molecular formula is C14H19NO4S. The number of ether oxygens (including phenoxy) is 1. The van der Waals surface area contributed by atoms with Crippen molar-refractivity contribution in [2.75, 3.05) is 13.7 Å². The van der Waals surface area contributed by atoms with Crippen molar-refractivity contribution in [3.63, 3.8) is 0 Å². The maximum absolute atomic E-state index is 12.3. The standard InChI is InChI=1S/C14H19NO4S/c1-19-14(18)12-9-10(16)6-7-15(12)13(17)5-4-11-3-2-8-20-11/h2-3,8,10,12,16H,4-7,9H2,1H3/t10-,12+/m1/s1. The summed E-state index contributed by atoms with van der Waals surface area (Å²) in [7, 11) is 1.30. The van der Waals surface area contributed by atoms with E-state index in [1.54, 1.807) is 16.2 Å². The third kappa shape index (κ3) is 3.58. The van der Waals surface area contributed by atoms with Gasteiger partial charge in [0.15, 0.2) is 0 Å². The van der Waals surface area contributed by atoms with E-state index in [0.29, 0.717) is 25.8 Å². The molecule has 1 N–H and O–H groups in total. The van der Waals surface area contributed by atoms with Crippen molar-refractivity contribution in [1.82, 2.24) is 4.90 Å². The highest BCUT2D eigenvalue weighted by Gasteiger charge is 2.35. The number of carbonyl (C=O) groups excluding carboxylic acids is 2. The van der Waals surface area contributed by atoms with Crippen LogP contribution in [-0.4, -0.2) is 47.7 Å². The summed E-state index contributed by atoms with van der Waals surface area (Å²) in [6.07, 6.45) is 1.30. The molecule has 1 aliphatic heterocycles. The summed E-state index contributed by atoms with van der Waals surface area (Å²) in [5, 5.41) is 11.6. The molecule has 1 amide bonds. The molecule has 0 aromatic carbocycles. The molecule has 2 atom stereocenters. The quantitative estimate of drug-likeness (QED) is 0.848. The first kappa shape index (κ1) is 15.0. The van der Waals surface area contributed by atoms with Crippen LogP contribution in [-0.2, 0) is 20.7 Å². The number of piperidine rings is 1. The third-order valence-electron chi connectivity index (χ3n) is 3.53. The molecule has 5 nitrogen and oxygen atoms in total. The Morgan fingerprint density at radius 2 is 2.35 bits per heavy atom. The molecule has 1 aliphatic rings. The molecule has 0 spiro atoms. The van der Waals surface area contributed by atoms with E-state index >= 15 is 0 Å². The number of thiophene rings is 1. The number of aliphatic hydroxyl groups excluding tert-OH is 1. The fourth-order valence-corrected chi connectivity index (χ4v) is 3.14. The Hall–Kier alpha value is -1.40. The Bertz CT molecular complexity index is 460. The van der Waals surface area contributed by atoms with E-state index in [1.807, 2.05) is 17.5 Å². The zero-order valence-electron chi connectivity index (χ0n) is 11.4. The summed E-state index contributed by atoms with van der Waals surface area (Å²) in [6, 6.07) is 3.30. The number of nitrogens with zero attached hydrogens (tertiary/aromatic N) is 1. The summed E-state index contributed by atoms with van der Waals surface area (Å²) >= 11 is 1.62. The zero-order chi connectivity index (χ0) is 14.5. The molecule has 0 bridgehead atoms. The number of amides is 1. The minimum atomic E-state index is -0.653. The maximum Gasteiger partial charge on any atom is 0.328 e. The molecule has 1 fully saturated rings. The van der Waals surface area contributed by atoms with Crippen LogP contribution in [0.15, 0.2) is 17.5 Å². The van der Waals surface area contributed by atoms with E-state index in [1.165, 1.54) is 7.11 Å². The van der Waals surface area contributed by atoms with Gasteiger partial charge in [0.2, 0.25) is 5.91 Å². The molecule has 1 aromatic rings. The smallest absolute Gasteiger partial charge is 0.328 e. The van der Waals surface area contributed by atoms with Gasteiger partial charge in [0.25, 0.3) is 0 Å². The predicted molar refractivity (Wildman–Crippen MR) is 75.4 cm³/mol. The third-order valence-corrected chi connectivity index (χ3v) is 4.47. The minimum Gasteiger partial charge on any atom is -0.467 e. The number of aryl methyl sites for hydroxylation is 1. The molecule has 0 aliphatic carbocycles. The molecule has 1 aromatic heterocycles. The Balaban J connectivity index is 1.96. The topological polar surface area (TPSA) is 66.8 Å². The first-order chi connectivity index (χ1) is 9.61. The average molecular weight is 297 g/mol. The van der Waals surface area contributed by atoms with Gasteiger partial charge in [-0.3, -0.25) is 4.79 Å². The lowest BCUT2D eigenvalue weighted by Gasteiger charge is -2.36. The van der Waals surface area contributed by atoms with Gasteiger partial charge in [-0.25, -0.2) is 4.79 Å². The van der Waals surface area contributed by atoms with E-state index in [4.69, 9.17) is 4.74 Å². The van der Waals surface area contributed by atoms with Gasteiger partial charge in [-0.1, -0.05) is 6.07 Å². The van der Waals surface area contributed by atoms with Crippen molar-refractivity contribution in [2.24, 2.45) is 0 Å². The molecule has 0 unspecified atom stereocenters. The zero-order valence-corrected chi connectivity index (χ0v) is 12.3. The predicted octanol–water partition coefficient (Wildman–Crippen LogP) is 1.21. The van der Waals surface area contributed by atoms with Crippen molar-refractivity contribution in [2.45, 2.75) is 37.8 Å². The highest BCUT2D eigenvalue weighted by molar-refractivity contribution is 7.09. The van der Waals surface area contributed by atoms with Crippen LogP contribution in [0.2, 0.25) is 0 Å². The van der Waals surface area contributed by atoms with Gasteiger partial charge in [-0.05, 0) is 24.3 Å². The number of aliphatic hydroxyl groups is 1. The summed E-state index contributed by atoms with van der Waals surface area (Å²) in [6.45, 7) is 0.407. The molecule has 6 heteroatoms. The maximum atomic E-state index is 12.3. The number of hydrogen-bond donors (Lipinski definition) is 1. The summed E-state index contributed by atoms with van der Waals surface area (Å²) in [5.74, 6) is -0.506. The van der Waals surface area contributed by atoms with Crippen molar-refractivity contribution >= 4 is 23.2 Å². The first-order valence-corrected chi connectivity index (χ1v) is 7.57. The van der Waals surface area contributed by atoms with E-state index in [9.17, 15) is 14.7 Å². The highest BCUT2D eigenvalue weighted by Crippen LogP contribution is 2.21. The van der Waals surface area contributed by atoms with Crippen LogP contribution < -0.4 is 0 Å². The number of methoxy groups -OCH3 is 1. The van der Waals surface area contributed by atoms with Crippen LogP contribution in [0, 0.1) is 0 Å². The van der Waals surface area contributed by atoms with Crippen LogP contribution in [0.1, 0.15) is 24.1 Å². The molecule has 110 valence electrons. The number of rotatable bonds is 4. The van der Waals surface area contributed by atoms with Crippen molar-refractivity contribution in [3.8, 4) is 0 Å². The van der Waals surface area contributed by atoms with Gasteiger partial charge in [0.1, 0.15) is 6.04 Å². The lowest BCUT2D eigenvalue weighted by molar-refractivity contribution is -0.157. The second kappa shape index (κ2) is 6.85. The fraction of sp³-hybridized carbons (Fsp3) is 0.571. The molecule has 20 heavy (non-hydrogen) atoms. The van der Waals surface area contributed by atoms with E-state index in [2.05, 4.69) is 0 Å². The molecular weight excluding hydrogens is 278 g/mol. The second-order valence-corrected chi connectivity index (χ2v) is 5.92. The first-order valence-electron chi connectivity index (χ1n) is 6.69. The lowest BCUT2D eigenvalue weighted by atomic mass is 9.98. The van der Waals surface area contributed by atoms with Crippen LogP contribution in [0.5, 0.6) is 0 Å². The Kier molecular flexibility index (Phi) is 5.14. The monoisotopic (exact) mass is 297 g/mol. The number of esters is 1. The van der Waals surface area contributed by atoms with Crippen LogP contribution in [0.25, 0.3) is 0 Å². The molecule has 2 rings (SSSR count). The van der Waals surface area contributed by atoms with Crippen molar-refractivity contribution < 1.29 is 19.4 Å². The van der Waals surface area contributed by atoms with Gasteiger partial charge in [0.05, 0.1) is 13.2 Å². The van der Waals surface area contributed by atoms with Gasteiger partial charge >= 0.3 is 5.97 Å². The average Bonchev–Trinajstić information content (AvgIpc) is 2.97. The Labute approximate surface area is 122 Å². The fourth-order valence-electron chi connectivity index (χ4n) is 2.43. The highest BCUT2D eigenvalue weighted by atomic mass is 32.1. The van der Waals surface area contributed by atoms with Crippen molar-refractivity contribution in [1.29, 1.82) is 0 Å². The van der Waals surface area contributed by atoms with E-state index in [-0.39, 0.29) is 12.3 Å². The number of likely N-dealkylation sites (tertiary alicyclic amines) is 1. The summed E-state index contributed by atoms with van der Waals surface area (Å²) < 4.78 is 4.73. The SMILES string of the molecule is COC(=O)[C@@H]1C[C@H](O)CCN1C(=O)CCc1cccs1. The van der Waals surface area contributed by atoms with E-state index < -0.39 is 18.1 Å². The number of hydrogen-bond acceptors (Lipinski definition) is 5. The Morgan fingerprint density at radius 1 is 1.55 bits per heavy atom. The normalized spacial score (nSPS) is 22.6. The number of carbonyl (C=O) groups is 2. The lowest BCUT2D eigenvalue weighted by Crippen LogP contribution is -2.51. The van der Waals surface area contributed by atoms with Crippen LogP contribution >= 0.6 is 11.3 Å². The molecule has 1 saturated heterocycles. The van der Waals surface area contributed by atoms with Crippen molar-refractivity contribution in [3.05, 3.63) is 22.4 Å². The largest absolute Gasteiger partial charge is 0.467 e. The molecule has 0 radical (unpaired) electrons.